The highest BCUT2D eigenvalue weighted by Gasteiger charge is 2.18. The van der Waals surface area contributed by atoms with Gasteiger partial charge < -0.3 is 14.8 Å². The lowest BCUT2D eigenvalue weighted by Gasteiger charge is -2.08. The molecule has 1 N–H and O–H groups in total. The Kier molecular flexibility index (Phi) is 9.01. The van der Waals surface area contributed by atoms with Crippen molar-refractivity contribution in [3.05, 3.63) is 46.3 Å². The molecule has 28 heavy (non-hydrogen) atoms. The molecule has 0 unspecified atom stereocenters. The molecule has 6 heteroatoms. The van der Waals surface area contributed by atoms with Crippen LogP contribution in [-0.4, -0.2) is 25.1 Å². The van der Waals surface area contributed by atoms with E-state index in [0.29, 0.717) is 36.6 Å². The van der Waals surface area contributed by atoms with Crippen LogP contribution in [0.3, 0.4) is 0 Å². The summed E-state index contributed by atoms with van der Waals surface area (Å²) in [5, 5.41) is 3.41. The summed E-state index contributed by atoms with van der Waals surface area (Å²) < 4.78 is 10.8. The number of rotatable bonds is 11. The summed E-state index contributed by atoms with van der Waals surface area (Å²) in [5.41, 5.74) is 1.73. The molecule has 2 aromatic rings. The van der Waals surface area contributed by atoms with Crippen LogP contribution in [0.2, 0.25) is 0 Å². The van der Waals surface area contributed by atoms with Crippen LogP contribution in [0, 0.1) is 0 Å². The number of esters is 1. The maximum atomic E-state index is 12.3. The molecule has 0 aliphatic rings. The van der Waals surface area contributed by atoms with Gasteiger partial charge >= 0.3 is 5.97 Å². The number of ether oxygens (including phenoxy) is 2. The molecule has 1 aromatic carbocycles. The first-order valence-corrected chi connectivity index (χ1v) is 10.7. The fourth-order valence-corrected chi connectivity index (χ4v) is 3.72. The molecular formula is C22H29NO4S. The van der Waals surface area contributed by atoms with Crippen molar-refractivity contribution < 1.29 is 19.1 Å². The fraction of sp³-hybridized carbons (Fsp3) is 0.455. The van der Waals surface area contributed by atoms with E-state index in [4.69, 9.17) is 9.47 Å². The Balaban J connectivity index is 1.80. The molecule has 1 heterocycles. The van der Waals surface area contributed by atoms with Gasteiger partial charge in [-0.1, -0.05) is 32.4 Å². The topological polar surface area (TPSA) is 64.6 Å². The Bertz CT molecular complexity index is 767. The van der Waals surface area contributed by atoms with Crippen molar-refractivity contribution in [2.75, 3.05) is 18.5 Å². The monoisotopic (exact) mass is 403 g/mol. The largest absolute Gasteiger partial charge is 0.494 e. The van der Waals surface area contributed by atoms with Crippen molar-refractivity contribution in [1.82, 2.24) is 0 Å². The summed E-state index contributed by atoms with van der Waals surface area (Å²) in [6.45, 7) is 6.71. The van der Waals surface area contributed by atoms with Crippen LogP contribution in [0.1, 0.15) is 60.8 Å². The van der Waals surface area contributed by atoms with E-state index in [1.54, 1.807) is 13.0 Å². The smallest absolute Gasteiger partial charge is 0.341 e. The molecule has 2 rings (SSSR count). The average Bonchev–Trinajstić information content (AvgIpc) is 3.10. The highest BCUT2D eigenvalue weighted by molar-refractivity contribution is 7.16. The van der Waals surface area contributed by atoms with E-state index in [1.807, 2.05) is 19.1 Å². The van der Waals surface area contributed by atoms with Gasteiger partial charge in [-0.25, -0.2) is 4.79 Å². The van der Waals surface area contributed by atoms with Gasteiger partial charge in [-0.05, 0) is 49.9 Å². The summed E-state index contributed by atoms with van der Waals surface area (Å²) in [5.74, 6) is 0.288. The molecule has 0 radical (unpaired) electrons. The molecule has 0 saturated carbocycles. The summed E-state index contributed by atoms with van der Waals surface area (Å²) >= 11 is 1.42. The van der Waals surface area contributed by atoms with Crippen molar-refractivity contribution in [1.29, 1.82) is 0 Å². The Morgan fingerprint density at radius 2 is 1.86 bits per heavy atom. The molecule has 152 valence electrons. The van der Waals surface area contributed by atoms with Gasteiger partial charge in [-0.3, -0.25) is 4.79 Å². The minimum Gasteiger partial charge on any atom is -0.494 e. The van der Waals surface area contributed by atoms with Crippen LogP contribution < -0.4 is 10.1 Å². The third-order valence-electron chi connectivity index (χ3n) is 4.16. The van der Waals surface area contributed by atoms with E-state index in [9.17, 15) is 9.59 Å². The number of hydrogen-bond acceptors (Lipinski definition) is 5. The summed E-state index contributed by atoms with van der Waals surface area (Å²) in [7, 11) is 0. The second-order valence-electron chi connectivity index (χ2n) is 6.42. The molecule has 1 amide bonds. The van der Waals surface area contributed by atoms with Gasteiger partial charge in [0.2, 0.25) is 5.91 Å². The lowest BCUT2D eigenvalue weighted by Crippen LogP contribution is -2.14. The summed E-state index contributed by atoms with van der Waals surface area (Å²) in [6.07, 6.45) is 3.92. The van der Waals surface area contributed by atoms with Crippen molar-refractivity contribution in [2.45, 2.75) is 52.9 Å². The maximum absolute atomic E-state index is 12.3. The zero-order valence-electron chi connectivity index (χ0n) is 16.9. The number of benzene rings is 1. The minimum atomic E-state index is -0.399. The second kappa shape index (κ2) is 11.5. The minimum absolute atomic E-state index is 0.128. The van der Waals surface area contributed by atoms with Crippen LogP contribution in [-0.2, 0) is 22.4 Å². The Morgan fingerprint density at radius 3 is 2.50 bits per heavy atom. The zero-order valence-corrected chi connectivity index (χ0v) is 17.7. The van der Waals surface area contributed by atoms with Gasteiger partial charge in [0.15, 0.2) is 0 Å². The Labute approximate surface area is 171 Å². The van der Waals surface area contributed by atoms with Crippen LogP contribution in [0.4, 0.5) is 5.00 Å². The van der Waals surface area contributed by atoms with Gasteiger partial charge in [-0.2, -0.15) is 0 Å². The summed E-state index contributed by atoms with van der Waals surface area (Å²) in [4.78, 5) is 25.4. The lowest BCUT2D eigenvalue weighted by molar-refractivity contribution is -0.116. The quantitative estimate of drug-likeness (QED) is 0.412. The van der Waals surface area contributed by atoms with Crippen molar-refractivity contribution in [3.63, 3.8) is 0 Å². The Morgan fingerprint density at radius 1 is 1.11 bits per heavy atom. The first kappa shape index (κ1) is 22.0. The van der Waals surface area contributed by atoms with Gasteiger partial charge in [0, 0.05) is 11.3 Å². The van der Waals surface area contributed by atoms with Crippen LogP contribution >= 0.6 is 11.3 Å². The number of carbonyl (C=O) groups is 2. The molecule has 0 aliphatic heterocycles. The van der Waals surface area contributed by atoms with Crippen LogP contribution in [0.25, 0.3) is 0 Å². The molecule has 0 aliphatic carbocycles. The zero-order chi connectivity index (χ0) is 20.4. The van der Waals surface area contributed by atoms with Crippen LogP contribution in [0.15, 0.2) is 30.3 Å². The second-order valence-corrected chi connectivity index (χ2v) is 7.56. The Hall–Kier alpha value is -2.34. The number of amides is 1. The van der Waals surface area contributed by atoms with Crippen LogP contribution in [0.5, 0.6) is 5.75 Å². The molecule has 0 saturated heterocycles. The third kappa shape index (κ3) is 6.68. The van der Waals surface area contributed by atoms with E-state index < -0.39 is 5.97 Å². The average molecular weight is 404 g/mol. The standard InChI is InChI=1S/C22H29NO4S/c1-4-8-16-10-12-17(13-11-16)27-14-7-9-20(24)23-21-19(22(25)26-6-3)15-18(5-2)28-21/h10-13,15H,4-9,14H2,1-3H3,(H,23,24). The highest BCUT2D eigenvalue weighted by atomic mass is 32.1. The summed E-state index contributed by atoms with van der Waals surface area (Å²) in [6, 6.07) is 9.88. The van der Waals surface area contributed by atoms with Gasteiger partial charge in [0.25, 0.3) is 0 Å². The molecule has 5 nitrogen and oxygen atoms in total. The van der Waals surface area contributed by atoms with Gasteiger partial charge in [0.05, 0.1) is 18.8 Å². The maximum Gasteiger partial charge on any atom is 0.341 e. The highest BCUT2D eigenvalue weighted by Crippen LogP contribution is 2.29. The molecule has 0 fully saturated rings. The van der Waals surface area contributed by atoms with Gasteiger partial charge in [-0.15, -0.1) is 11.3 Å². The number of carbonyl (C=O) groups excluding carboxylic acids is 2. The molecule has 0 spiro atoms. The number of thiophene rings is 1. The van der Waals surface area contributed by atoms with Crippen molar-refractivity contribution in [3.8, 4) is 5.75 Å². The lowest BCUT2D eigenvalue weighted by atomic mass is 10.1. The first-order chi connectivity index (χ1) is 13.6. The van der Waals surface area contributed by atoms with E-state index in [0.717, 1.165) is 29.9 Å². The molecule has 0 bridgehead atoms. The van der Waals surface area contributed by atoms with E-state index in [-0.39, 0.29) is 5.91 Å². The molecule has 0 atom stereocenters. The number of nitrogens with one attached hydrogen (secondary N) is 1. The van der Waals surface area contributed by atoms with Gasteiger partial charge in [0.1, 0.15) is 10.8 Å². The fourth-order valence-electron chi connectivity index (χ4n) is 2.72. The first-order valence-electron chi connectivity index (χ1n) is 9.88. The predicted molar refractivity (Wildman–Crippen MR) is 113 cm³/mol. The predicted octanol–water partition coefficient (Wildman–Crippen LogP) is 5.24. The van der Waals surface area contributed by atoms with Crippen molar-refractivity contribution >= 4 is 28.2 Å². The number of anilines is 1. The van der Waals surface area contributed by atoms with E-state index >= 15 is 0 Å². The molecular weight excluding hydrogens is 374 g/mol. The number of aryl methyl sites for hydroxylation is 2. The normalized spacial score (nSPS) is 10.5. The van der Waals surface area contributed by atoms with E-state index in [2.05, 4.69) is 24.4 Å². The third-order valence-corrected chi connectivity index (χ3v) is 5.35. The van der Waals surface area contributed by atoms with E-state index in [1.165, 1.54) is 16.9 Å². The SMILES string of the molecule is CCCc1ccc(OCCCC(=O)Nc2sc(CC)cc2C(=O)OCC)cc1. The van der Waals surface area contributed by atoms with Crippen molar-refractivity contribution in [2.24, 2.45) is 0 Å². The molecule has 1 aromatic heterocycles. The number of hydrogen-bond donors (Lipinski definition) is 1.